The van der Waals surface area contributed by atoms with E-state index >= 15 is 0 Å². The third-order valence-electron chi connectivity index (χ3n) is 1.74. The number of fused-ring (bicyclic) bond motifs is 1. The first-order valence-electron chi connectivity index (χ1n) is 3.48. The first-order chi connectivity index (χ1) is 6.22. The second kappa shape index (κ2) is 3.30. The molecule has 0 saturated carbocycles. The van der Waals surface area contributed by atoms with E-state index in [1.165, 1.54) is 0 Å². The van der Waals surface area contributed by atoms with Crippen LogP contribution in [0.2, 0.25) is 5.02 Å². The van der Waals surface area contributed by atoms with Crippen molar-refractivity contribution in [2.24, 2.45) is 0 Å². The summed E-state index contributed by atoms with van der Waals surface area (Å²) in [4.78, 5) is 0. The van der Waals surface area contributed by atoms with Crippen molar-refractivity contribution in [3.05, 3.63) is 32.6 Å². The van der Waals surface area contributed by atoms with Gasteiger partial charge in [-0.1, -0.05) is 11.6 Å². The third-order valence-corrected chi connectivity index (χ3v) is 3.78. The Hall–Kier alpha value is -0.560. The second-order valence-electron chi connectivity index (χ2n) is 2.52. The van der Waals surface area contributed by atoms with Gasteiger partial charge in [0.15, 0.2) is 0 Å². The number of nitrogens with zero attached hydrogens (tertiary/aromatic N) is 1. The molecular weight excluding hydrogens is 270 g/mol. The van der Waals surface area contributed by atoms with Crippen LogP contribution in [0.15, 0.2) is 22.0 Å². The van der Waals surface area contributed by atoms with E-state index in [4.69, 9.17) is 16.9 Å². The molecule has 2 rings (SSSR count). The molecular formula is C9H3BrClNS. The second-order valence-corrected chi connectivity index (χ2v) is 4.70. The fourth-order valence-corrected chi connectivity index (χ4v) is 2.72. The summed E-state index contributed by atoms with van der Waals surface area (Å²) in [5, 5.41) is 12.4. The van der Waals surface area contributed by atoms with Gasteiger partial charge in [0, 0.05) is 19.9 Å². The summed E-state index contributed by atoms with van der Waals surface area (Å²) >= 11 is 10.8. The lowest BCUT2D eigenvalue weighted by Gasteiger charge is -1.95. The number of hydrogen-bond donors (Lipinski definition) is 0. The normalized spacial score (nSPS) is 10.2. The van der Waals surface area contributed by atoms with Gasteiger partial charge in [0.05, 0.1) is 10.6 Å². The number of nitriles is 1. The molecule has 0 aliphatic carbocycles. The predicted octanol–water partition coefficient (Wildman–Crippen LogP) is 4.19. The van der Waals surface area contributed by atoms with Gasteiger partial charge in [-0.15, -0.1) is 11.3 Å². The van der Waals surface area contributed by atoms with E-state index in [0.717, 1.165) is 19.6 Å². The molecule has 0 fully saturated rings. The topological polar surface area (TPSA) is 23.8 Å². The standard InChI is InChI=1S/C9H3BrClNS/c10-7-2-6-8(11)4-13-9(6)1-5(7)3-12/h1-2,4H. The van der Waals surface area contributed by atoms with Gasteiger partial charge in [0.2, 0.25) is 0 Å². The van der Waals surface area contributed by atoms with Crippen LogP contribution in [0.3, 0.4) is 0 Å². The lowest BCUT2D eigenvalue weighted by molar-refractivity contribution is 1.48. The summed E-state index contributed by atoms with van der Waals surface area (Å²) in [5.41, 5.74) is 0.644. The molecule has 2 aromatic rings. The molecule has 0 saturated heterocycles. The first-order valence-corrected chi connectivity index (χ1v) is 5.54. The minimum Gasteiger partial charge on any atom is -0.192 e. The van der Waals surface area contributed by atoms with Gasteiger partial charge in [-0.2, -0.15) is 5.26 Å². The van der Waals surface area contributed by atoms with Crippen molar-refractivity contribution in [1.29, 1.82) is 5.26 Å². The SMILES string of the molecule is N#Cc1cc2scc(Cl)c2cc1Br. The van der Waals surface area contributed by atoms with Crippen LogP contribution in [-0.4, -0.2) is 0 Å². The number of thiophene rings is 1. The van der Waals surface area contributed by atoms with Gasteiger partial charge >= 0.3 is 0 Å². The third kappa shape index (κ3) is 1.46. The molecule has 0 N–H and O–H groups in total. The van der Waals surface area contributed by atoms with E-state index in [-0.39, 0.29) is 0 Å². The molecule has 0 unspecified atom stereocenters. The molecule has 0 atom stereocenters. The Balaban J connectivity index is 2.85. The summed E-state index contributed by atoms with van der Waals surface area (Å²) < 4.78 is 1.84. The molecule has 64 valence electrons. The van der Waals surface area contributed by atoms with Gasteiger partial charge in [-0.05, 0) is 28.1 Å². The first kappa shape index (κ1) is 9.01. The Bertz CT molecular complexity index is 512. The van der Waals surface area contributed by atoms with E-state index in [2.05, 4.69) is 22.0 Å². The number of benzene rings is 1. The Morgan fingerprint density at radius 1 is 1.46 bits per heavy atom. The van der Waals surface area contributed by atoms with Crippen LogP contribution < -0.4 is 0 Å². The summed E-state index contributed by atoms with van der Waals surface area (Å²) in [6, 6.07) is 5.84. The van der Waals surface area contributed by atoms with Crippen molar-refractivity contribution >= 4 is 49.0 Å². The fraction of sp³-hybridized carbons (Fsp3) is 0. The maximum Gasteiger partial charge on any atom is 0.100 e. The van der Waals surface area contributed by atoms with Crippen molar-refractivity contribution in [2.45, 2.75) is 0 Å². The van der Waals surface area contributed by atoms with Gasteiger partial charge in [0.1, 0.15) is 6.07 Å². The molecule has 4 heteroatoms. The zero-order valence-corrected chi connectivity index (χ0v) is 9.50. The van der Waals surface area contributed by atoms with Crippen molar-refractivity contribution in [1.82, 2.24) is 0 Å². The van der Waals surface area contributed by atoms with Crippen molar-refractivity contribution < 1.29 is 0 Å². The van der Waals surface area contributed by atoms with Crippen LogP contribution in [0.5, 0.6) is 0 Å². The molecule has 13 heavy (non-hydrogen) atoms. The Kier molecular flexibility index (Phi) is 2.29. The van der Waals surface area contributed by atoms with Crippen molar-refractivity contribution in [2.75, 3.05) is 0 Å². The number of hydrogen-bond acceptors (Lipinski definition) is 2. The fourth-order valence-electron chi connectivity index (χ4n) is 1.10. The van der Waals surface area contributed by atoms with E-state index in [1.807, 2.05) is 17.5 Å². The highest BCUT2D eigenvalue weighted by atomic mass is 79.9. The predicted molar refractivity (Wildman–Crippen MR) is 59.3 cm³/mol. The van der Waals surface area contributed by atoms with Crippen LogP contribution in [0.4, 0.5) is 0 Å². The number of rotatable bonds is 0. The quantitative estimate of drug-likeness (QED) is 0.705. The summed E-state index contributed by atoms with van der Waals surface area (Å²) in [6.07, 6.45) is 0. The van der Waals surface area contributed by atoms with E-state index in [9.17, 15) is 0 Å². The van der Waals surface area contributed by atoms with Crippen LogP contribution in [0.25, 0.3) is 10.1 Å². The summed E-state index contributed by atoms with van der Waals surface area (Å²) in [5.74, 6) is 0. The van der Waals surface area contributed by atoms with Gasteiger partial charge < -0.3 is 0 Å². The number of halogens is 2. The summed E-state index contributed by atoms with van der Waals surface area (Å²) in [6.45, 7) is 0. The van der Waals surface area contributed by atoms with Crippen LogP contribution >= 0.6 is 38.9 Å². The van der Waals surface area contributed by atoms with Gasteiger partial charge in [-0.3, -0.25) is 0 Å². The van der Waals surface area contributed by atoms with Crippen molar-refractivity contribution in [3.8, 4) is 6.07 Å². The maximum atomic E-state index is 8.78. The van der Waals surface area contributed by atoms with E-state index < -0.39 is 0 Å². The van der Waals surface area contributed by atoms with Gasteiger partial charge in [-0.25, -0.2) is 0 Å². The monoisotopic (exact) mass is 271 g/mol. The van der Waals surface area contributed by atoms with Gasteiger partial charge in [0.25, 0.3) is 0 Å². The average molecular weight is 273 g/mol. The molecule has 1 nitrogen and oxygen atoms in total. The highest BCUT2D eigenvalue weighted by Crippen LogP contribution is 2.33. The zero-order valence-electron chi connectivity index (χ0n) is 6.34. The lowest BCUT2D eigenvalue weighted by atomic mass is 10.2. The molecule has 0 amide bonds. The van der Waals surface area contributed by atoms with Crippen LogP contribution in [0.1, 0.15) is 5.56 Å². The molecule has 1 heterocycles. The molecule has 0 bridgehead atoms. The highest BCUT2D eigenvalue weighted by molar-refractivity contribution is 9.10. The largest absolute Gasteiger partial charge is 0.192 e. The smallest absolute Gasteiger partial charge is 0.100 e. The molecule has 0 radical (unpaired) electrons. The highest BCUT2D eigenvalue weighted by Gasteiger charge is 2.06. The minimum atomic E-state index is 0.644. The summed E-state index contributed by atoms with van der Waals surface area (Å²) in [7, 11) is 0. The van der Waals surface area contributed by atoms with Crippen LogP contribution in [0, 0.1) is 11.3 Å². The molecule has 1 aromatic heterocycles. The van der Waals surface area contributed by atoms with Crippen LogP contribution in [-0.2, 0) is 0 Å². The zero-order chi connectivity index (χ0) is 9.42. The Morgan fingerprint density at radius 3 is 2.92 bits per heavy atom. The van der Waals surface area contributed by atoms with E-state index in [1.54, 1.807) is 11.3 Å². The maximum absolute atomic E-state index is 8.78. The minimum absolute atomic E-state index is 0.644. The lowest BCUT2D eigenvalue weighted by Crippen LogP contribution is -1.75. The molecule has 0 aliphatic rings. The van der Waals surface area contributed by atoms with Crippen molar-refractivity contribution in [3.63, 3.8) is 0 Å². The Morgan fingerprint density at radius 2 is 2.23 bits per heavy atom. The Labute approximate surface area is 92.7 Å². The molecule has 0 spiro atoms. The molecule has 0 aliphatic heterocycles. The van der Waals surface area contributed by atoms with E-state index in [0.29, 0.717) is 5.56 Å². The molecule has 1 aromatic carbocycles. The average Bonchev–Trinajstić information content (AvgIpc) is 2.47.